The molecule has 0 radical (unpaired) electrons. The minimum atomic E-state index is 0.178. The molecule has 0 saturated carbocycles. The Balaban J connectivity index is 1.92. The molecule has 1 atom stereocenters. The monoisotopic (exact) mass is 246 g/mol. The predicted octanol–water partition coefficient (Wildman–Crippen LogP) is 1.56. The first-order valence-electron chi connectivity index (χ1n) is 5.05. The number of halogens is 1. The zero-order chi connectivity index (χ0) is 10.7. The average molecular weight is 247 g/mol. The van der Waals surface area contributed by atoms with Crippen molar-refractivity contribution in [2.45, 2.75) is 12.6 Å². The molecule has 0 aliphatic carbocycles. The molecule has 5 heteroatoms. The lowest BCUT2D eigenvalue weighted by Gasteiger charge is -2.31. The van der Waals surface area contributed by atoms with E-state index in [-0.39, 0.29) is 6.10 Å². The summed E-state index contributed by atoms with van der Waals surface area (Å²) in [6, 6.07) is 1.95. The van der Waals surface area contributed by atoms with Gasteiger partial charge in [0.15, 0.2) is 0 Å². The van der Waals surface area contributed by atoms with Crippen molar-refractivity contribution in [3.05, 3.63) is 21.3 Å². The maximum Gasteiger partial charge on any atom is 0.0824 e. The van der Waals surface area contributed by atoms with Crippen LogP contribution in [0, 0.1) is 0 Å². The fourth-order valence-electron chi connectivity index (χ4n) is 1.71. The molecule has 1 fully saturated rings. The molecular formula is C10H15ClN2OS. The molecule has 1 aliphatic rings. The Morgan fingerprint density at radius 2 is 2.53 bits per heavy atom. The number of thiophene rings is 1. The van der Waals surface area contributed by atoms with E-state index < -0.39 is 0 Å². The first-order chi connectivity index (χ1) is 7.29. The van der Waals surface area contributed by atoms with E-state index in [1.165, 1.54) is 4.88 Å². The second-order valence-electron chi connectivity index (χ2n) is 3.66. The highest BCUT2D eigenvalue weighted by atomic mass is 35.5. The molecule has 2 heterocycles. The zero-order valence-electron chi connectivity index (χ0n) is 8.49. The Bertz CT molecular complexity index is 318. The van der Waals surface area contributed by atoms with E-state index in [0.717, 1.165) is 31.3 Å². The Kier molecular flexibility index (Phi) is 3.99. The van der Waals surface area contributed by atoms with Crippen LogP contribution in [0.5, 0.6) is 0 Å². The summed E-state index contributed by atoms with van der Waals surface area (Å²) in [4.78, 5) is 3.58. The molecule has 1 aromatic rings. The van der Waals surface area contributed by atoms with Crippen molar-refractivity contribution in [1.82, 2.24) is 4.90 Å². The highest BCUT2D eigenvalue weighted by Crippen LogP contribution is 2.24. The molecule has 84 valence electrons. The Hall–Kier alpha value is -0.130. The van der Waals surface area contributed by atoms with E-state index in [1.807, 2.05) is 11.4 Å². The molecule has 1 aliphatic heterocycles. The number of nitrogens with two attached hydrogens (primary N) is 1. The lowest BCUT2D eigenvalue weighted by atomic mass is 10.2. The van der Waals surface area contributed by atoms with E-state index in [9.17, 15) is 0 Å². The van der Waals surface area contributed by atoms with Crippen molar-refractivity contribution in [3.8, 4) is 0 Å². The minimum absolute atomic E-state index is 0.178. The van der Waals surface area contributed by atoms with Crippen molar-refractivity contribution in [2.24, 2.45) is 5.73 Å². The number of nitrogens with zero attached hydrogens (tertiary/aromatic N) is 1. The van der Waals surface area contributed by atoms with E-state index >= 15 is 0 Å². The normalized spacial score (nSPS) is 23.2. The number of ether oxygens (including phenoxy) is 1. The Labute approximate surface area is 98.8 Å². The average Bonchev–Trinajstić information content (AvgIpc) is 2.65. The number of morpholine rings is 1. The molecule has 0 aromatic carbocycles. The van der Waals surface area contributed by atoms with Crippen LogP contribution in [0.3, 0.4) is 0 Å². The third-order valence-electron chi connectivity index (χ3n) is 2.54. The third kappa shape index (κ3) is 2.92. The molecule has 15 heavy (non-hydrogen) atoms. The molecule has 1 saturated heterocycles. The van der Waals surface area contributed by atoms with Gasteiger partial charge in [0.2, 0.25) is 0 Å². The molecule has 2 rings (SSSR count). The summed E-state index contributed by atoms with van der Waals surface area (Å²) >= 11 is 7.76. The molecular weight excluding hydrogens is 232 g/mol. The van der Waals surface area contributed by atoms with E-state index in [4.69, 9.17) is 22.1 Å². The molecule has 0 amide bonds. The zero-order valence-corrected chi connectivity index (χ0v) is 10.1. The highest BCUT2D eigenvalue weighted by molar-refractivity contribution is 7.10. The summed E-state index contributed by atoms with van der Waals surface area (Å²) in [5.41, 5.74) is 5.59. The molecule has 0 bridgehead atoms. The smallest absolute Gasteiger partial charge is 0.0824 e. The number of hydrogen-bond acceptors (Lipinski definition) is 4. The van der Waals surface area contributed by atoms with Crippen molar-refractivity contribution in [3.63, 3.8) is 0 Å². The van der Waals surface area contributed by atoms with Crippen molar-refractivity contribution < 1.29 is 4.74 Å². The van der Waals surface area contributed by atoms with Gasteiger partial charge in [0.25, 0.3) is 0 Å². The van der Waals surface area contributed by atoms with Crippen LogP contribution in [-0.2, 0) is 11.3 Å². The fourth-order valence-corrected chi connectivity index (χ4v) is 2.84. The summed E-state index contributed by atoms with van der Waals surface area (Å²) in [6.45, 7) is 4.14. The first kappa shape index (κ1) is 11.4. The van der Waals surface area contributed by atoms with Gasteiger partial charge in [-0.15, -0.1) is 11.3 Å². The van der Waals surface area contributed by atoms with Gasteiger partial charge >= 0.3 is 0 Å². The summed E-state index contributed by atoms with van der Waals surface area (Å²) < 4.78 is 5.51. The maximum atomic E-state index is 6.06. The SMILES string of the molecule is NCC1CN(Cc2sccc2Cl)CCO1. The topological polar surface area (TPSA) is 38.5 Å². The number of rotatable bonds is 3. The van der Waals surface area contributed by atoms with Gasteiger partial charge in [-0.3, -0.25) is 4.90 Å². The van der Waals surface area contributed by atoms with Gasteiger partial charge in [-0.1, -0.05) is 11.6 Å². The van der Waals surface area contributed by atoms with E-state index in [0.29, 0.717) is 6.54 Å². The van der Waals surface area contributed by atoms with Gasteiger partial charge < -0.3 is 10.5 Å². The van der Waals surface area contributed by atoms with E-state index in [2.05, 4.69) is 4.90 Å². The second-order valence-corrected chi connectivity index (χ2v) is 5.06. The largest absolute Gasteiger partial charge is 0.374 e. The van der Waals surface area contributed by atoms with Crippen LogP contribution in [0.15, 0.2) is 11.4 Å². The summed E-state index contributed by atoms with van der Waals surface area (Å²) in [5.74, 6) is 0. The molecule has 1 unspecified atom stereocenters. The number of hydrogen-bond donors (Lipinski definition) is 1. The van der Waals surface area contributed by atoms with Crippen molar-refractivity contribution >= 4 is 22.9 Å². The van der Waals surface area contributed by atoms with Gasteiger partial charge in [0.1, 0.15) is 0 Å². The van der Waals surface area contributed by atoms with Crippen LogP contribution in [0.2, 0.25) is 5.02 Å². The van der Waals surface area contributed by atoms with Crippen molar-refractivity contribution in [1.29, 1.82) is 0 Å². The summed E-state index contributed by atoms with van der Waals surface area (Å²) in [5, 5.41) is 2.90. The first-order valence-corrected chi connectivity index (χ1v) is 6.31. The second kappa shape index (κ2) is 5.27. The van der Waals surface area contributed by atoms with Crippen LogP contribution in [0.4, 0.5) is 0 Å². The van der Waals surface area contributed by atoms with Gasteiger partial charge in [0.05, 0.1) is 17.7 Å². The lowest BCUT2D eigenvalue weighted by Crippen LogP contribution is -2.45. The summed E-state index contributed by atoms with van der Waals surface area (Å²) in [7, 11) is 0. The maximum absolute atomic E-state index is 6.06. The van der Waals surface area contributed by atoms with Gasteiger partial charge in [-0.2, -0.15) is 0 Å². The predicted molar refractivity (Wildman–Crippen MR) is 63.4 cm³/mol. The minimum Gasteiger partial charge on any atom is -0.374 e. The fraction of sp³-hybridized carbons (Fsp3) is 0.600. The van der Waals surface area contributed by atoms with Gasteiger partial charge in [-0.05, 0) is 11.4 Å². The summed E-state index contributed by atoms with van der Waals surface area (Å²) in [6.07, 6.45) is 0.178. The molecule has 2 N–H and O–H groups in total. The van der Waals surface area contributed by atoms with Crippen LogP contribution < -0.4 is 5.73 Å². The van der Waals surface area contributed by atoms with Crippen molar-refractivity contribution in [2.75, 3.05) is 26.2 Å². The van der Waals surface area contributed by atoms with Crippen LogP contribution in [0.25, 0.3) is 0 Å². The molecule has 1 aromatic heterocycles. The quantitative estimate of drug-likeness (QED) is 0.880. The lowest BCUT2D eigenvalue weighted by molar-refractivity contribution is -0.0257. The third-order valence-corrected chi connectivity index (χ3v) is 3.92. The standard InChI is InChI=1S/C10H15ClN2OS/c11-9-1-4-15-10(9)7-13-2-3-14-8(5-12)6-13/h1,4,8H,2-3,5-7,12H2. The highest BCUT2D eigenvalue weighted by Gasteiger charge is 2.20. The molecule has 3 nitrogen and oxygen atoms in total. The molecule has 0 spiro atoms. The Morgan fingerprint density at radius 3 is 3.20 bits per heavy atom. The van der Waals surface area contributed by atoms with Crippen LogP contribution in [0.1, 0.15) is 4.88 Å². The Morgan fingerprint density at radius 1 is 1.67 bits per heavy atom. The van der Waals surface area contributed by atoms with Gasteiger partial charge in [-0.25, -0.2) is 0 Å². The van der Waals surface area contributed by atoms with E-state index in [1.54, 1.807) is 11.3 Å². The van der Waals surface area contributed by atoms with Gasteiger partial charge in [0, 0.05) is 31.1 Å². The van der Waals surface area contributed by atoms with Crippen LogP contribution in [-0.4, -0.2) is 37.2 Å². The van der Waals surface area contributed by atoms with Crippen LogP contribution >= 0.6 is 22.9 Å².